The second-order valence-electron chi connectivity index (χ2n) is 6.05. The lowest BCUT2D eigenvalue weighted by Crippen LogP contribution is -2.23. The van der Waals surface area contributed by atoms with Crippen LogP contribution in [0, 0.1) is 0 Å². The van der Waals surface area contributed by atoms with Gasteiger partial charge in [-0.15, -0.1) is 11.3 Å². The van der Waals surface area contributed by atoms with Crippen LogP contribution in [0.3, 0.4) is 0 Å². The molecule has 0 saturated carbocycles. The Hall–Kier alpha value is -1.16. The first kappa shape index (κ1) is 15.2. The van der Waals surface area contributed by atoms with E-state index in [-0.39, 0.29) is 18.1 Å². The van der Waals surface area contributed by atoms with Crippen LogP contribution < -0.4 is 5.32 Å². The molecule has 0 aliphatic heterocycles. The van der Waals surface area contributed by atoms with Gasteiger partial charge in [0, 0.05) is 16.3 Å². The molecule has 0 aliphatic carbocycles. The van der Waals surface area contributed by atoms with Crippen molar-refractivity contribution in [2.24, 2.45) is 0 Å². The summed E-state index contributed by atoms with van der Waals surface area (Å²) in [6, 6.07) is 14.6. The van der Waals surface area contributed by atoms with E-state index in [1.165, 1.54) is 15.3 Å². The van der Waals surface area contributed by atoms with Gasteiger partial charge >= 0.3 is 0 Å². The van der Waals surface area contributed by atoms with Gasteiger partial charge in [-0.3, -0.25) is 0 Å². The maximum absolute atomic E-state index is 9.61. The first-order valence-electron chi connectivity index (χ1n) is 6.99. The van der Waals surface area contributed by atoms with Crippen LogP contribution in [0.2, 0.25) is 0 Å². The average Bonchev–Trinajstić information content (AvgIpc) is 2.90. The van der Waals surface area contributed by atoms with E-state index in [4.69, 9.17) is 0 Å². The van der Waals surface area contributed by atoms with Gasteiger partial charge in [0.15, 0.2) is 0 Å². The van der Waals surface area contributed by atoms with E-state index in [9.17, 15) is 5.11 Å². The Labute approximate surface area is 125 Å². The number of benzene rings is 1. The topological polar surface area (TPSA) is 32.3 Å². The van der Waals surface area contributed by atoms with Crippen LogP contribution >= 0.6 is 11.3 Å². The minimum absolute atomic E-state index is 0.0105. The SMILES string of the molecule is CC(C)(C)c1ccc(C(CO)NCc2ccccc2)s1. The number of nitrogens with one attached hydrogen (secondary N) is 1. The Morgan fingerprint density at radius 2 is 1.80 bits per heavy atom. The number of hydrogen-bond donors (Lipinski definition) is 2. The van der Waals surface area contributed by atoms with Crippen LogP contribution in [-0.2, 0) is 12.0 Å². The van der Waals surface area contributed by atoms with Crippen molar-refractivity contribution in [1.29, 1.82) is 0 Å². The molecule has 0 amide bonds. The summed E-state index contributed by atoms with van der Waals surface area (Å²) in [5, 5.41) is 13.0. The van der Waals surface area contributed by atoms with Crippen molar-refractivity contribution in [3.63, 3.8) is 0 Å². The number of aliphatic hydroxyl groups is 1. The zero-order valence-electron chi connectivity index (χ0n) is 12.4. The second-order valence-corrected chi connectivity index (χ2v) is 7.17. The Morgan fingerprint density at radius 1 is 1.10 bits per heavy atom. The molecule has 20 heavy (non-hydrogen) atoms. The highest BCUT2D eigenvalue weighted by atomic mass is 32.1. The highest BCUT2D eigenvalue weighted by Gasteiger charge is 2.19. The highest BCUT2D eigenvalue weighted by Crippen LogP contribution is 2.32. The van der Waals surface area contributed by atoms with E-state index in [0.717, 1.165) is 6.54 Å². The number of aliphatic hydroxyl groups excluding tert-OH is 1. The minimum atomic E-state index is 0.0105. The summed E-state index contributed by atoms with van der Waals surface area (Å²) in [4.78, 5) is 2.56. The first-order valence-corrected chi connectivity index (χ1v) is 7.81. The molecule has 2 N–H and O–H groups in total. The zero-order valence-corrected chi connectivity index (χ0v) is 13.2. The van der Waals surface area contributed by atoms with Gasteiger partial charge < -0.3 is 10.4 Å². The lowest BCUT2D eigenvalue weighted by molar-refractivity contribution is 0.245. The molecule has 2 aromatic rings. The fourth-order valence-corrected chi connectivity index (χ4v) is 3.17. The molecule has 2 rings (SSSR count). The molecule has 1 atom stereocenters. The second kappa shape index (κ2) is 6.53. The van der Waals surface area contributed by atoms with Crippen molar-refractivity contribution in [3.8, 4) is 0 Å². The molecular weight excluding hydrogens is 266 g/mol. The first-order chi connectivity index (χ1) is 9.50. The fourth-order valence-electron chi connectivity index (χ4n) is 2.04. The molecule has 0 radical (unpaired) electrons. The van der Waals surface area contributed by atoms with E-state index in [1.54, 1.807) is 11.3 Å². The summed E-state index contributed by atoms with van der Waals surface area (Å²) >= 11 is 1.79. The third-order valence-electron chi connectivity index (χ3n) is 3.29. The van der Waals surface area contributed by atoms with Crippen molar-refractivity contribution in [1.82, 2.24) is 5.32 Å². The van der Waals surface area contributed by atoms with Crippen LogP contribution in [0.15, 0.2) is 42.5 Å². The monoisotopic (exact) mass is 289 g/mol. The van der Waals surface area contributed by atoms with Crippen molar-refractivity contribution < 1.29 is 5.11 Å². The van der Waals surface area contributed by atoms with Gasteiger partial charge in [-0.1, -0.05) is 51.1 Å². The molecule has 108 valence electrons. The normalized spacial score (nSPS) is 13.4. The van der Waals surface area contributed by atoms with Crippen LogP contribution in [-0.4, -0.2) is 11.7 Å². The molecule has 1 heterocycles. The van der Waals surface area contributed by atoms with Crippen molar-refractivity contribution in [2.75, 3.05) is 6.61 Å². The quantitative estimate of drug-likeness (QED) is 0.876. The predicted octanol–water partition coefficient (Wildman–Crippen LogP) is 3.87. The average molecular weight is 289 g/mol. The summed E-state index contributed by atoms with van der Waals surface area (Å²) < 4.78 is 0. The van der Waals surface area contributed by atoms with Crippen molar-refractivity contribution in [3.05, 3.63) is 57.8 Å². The lowest BCUT2D eigenvalue weighted by atomic mass is 9.95. The standard InChI is InChI=1S/C17H23NOS/c1-17(2,3)16-10-9-15(20-16)14(12-19)18-11-13-7-5-4-6-8-13/h4-10,14,18-19H,11-12H2,1-3H3. The van der Waals surface area contributed by atoms with Crippen molar-refractivity contribution >= 4 is 11.3 Å². The summed E-state index contributed by atoms with van der Waals surface area (Å²) in [6.45, 7) is 7.54. The molecule has 1 aromatic heterocycles. The third kappa shape index (κ3) is 3.92. The van der Waals surface area contributed by atoms with E-state index < -0.39 is 0 Å². The van der Waals surface area contributed by atoms with Gasteiger partial charge in [-0.2, -0.15) is 0 Å². The molecule has 0 spiro atoms. The predicted molar refractivity (Wildman–Crippen MR) is 86.1 cm³/mol. The summed E-state index contributed by atoms with van der Waals surface area (Å²) in [6.07, 6.45) is 0. The molecule has 1 unspecified atom stereocenters. The van der Waals surface area contributed by atoms with E-state index in [1.807, 2.05) is 18.2 Å². The van der Waals surface area contributed by atoms with Crippen LogP contribution in [0.1, 0.15) is 42.1 Å². The van der Waals surface area contributed by atoms with Gasteiger partial charge in [-0.25, -0.2) is 0 Å². The van der Waals surface area contributed by atoms with Crippen molar-refractivity contribution in [2.45, 2.75) is 38.8 Å². The largest absolute Gasteiger partial charge is 0.394 e. The smallest absolute Gasteiger partial charge is 0.0652 e. The molecule has 3 heteroatoms. The summed E-state index contributed by atoms with van der Waals surface area (Å²) in [5.74, 6) is 0. The highest BCUT2D eigenvalue weighted by molar-refractivity contribution is 7.12. The zero-order chi connectivity index (χ0) is 14.6. The van der Waals surface area contributed by atoms with Gasteiger partial charge in [0.05, 0.1) is 12.6 Å². The molecule has 1 aromatic carbocycles. The maximum Gasteiger partial charge on any atom is 0.0652 e. The lowest BCUT2D eigenvalue weighted by Gasteiger charge is -2.17. The van der Waals surface area contributed by atoms with E-state index in [2.05, 4.69) is 50.4 Å². The van der Waals surface area contributed by atoms with Gasteiger partial charge in [0.1, 0.15) is 0 Å². The Balaban J connectivity index is 2.03. The van der Waals surface area contributed by atoms with Gasteiger partial charge in [-0.05, 0) is 23.1 Å². The fraction of sp³-hybridized carbons (Fsp3) is 0.412. The molecule has 0 bridgehead atoms. The molecule has 0 saturated heterocycles. The van der Waals surface area contributed by atoms with E-state index >= 15 is 0 Å². The summed E-state index contributed by atoms with van der Waals surface area (Å²) in [7, 11) is 0. The Bertz CT molecular complexity index is 527. The van der Waals surface area contributed by atoms with Gasteiger partial charge in [0.25, 0.3) is 0 Å². The third-order valence-corrected chi connectivity index (χ3v) is 4.91. The van der Waals surface area contributed by atoms with Crippen LogP contribution in [0.25, 0.3) is 0 Å². The van der Waals surface area contributed by atoms with Crippen LogP contribution in [0.4, 0.5) is 0 Å². The van der Waals surface area contributed by atoms with Crippen LogP contribution in [0.5, 0.6) is 0 Å². The Kier molecular flexibility index (Phi) is 4.97. The molecule has 0 aliphatic rings. The number of rotatable bonds is 5. The number of hydrogen-bond acceptors (Lipinski definition) is 3. The minimum Gasteiger partial charge on any atom is -0.394 e. The Morgan fingerprint density at radius 3 is 2.35 bits per heavy atom. The molecular formula is C17H23NOS. The number of thiophene rings is 1. The maximum atomic E-state index is 9.61. The molecule has 0 fully saturated rings. The van der Waals surface area contributed by atoms with E-state index in [0.29, 0.717) is 0 Å². The van der Waals surface area contributed by atoms with Gasteiger partial charge in [0.2, 0.25) is 0 Å². The molecule has 2 nitrogen and oxygen atoms in total. The summed E-state index contributed by atoms with van der Waals surface area (Å²) in [5.41, 5.74) is 1.40.